The van der Waals surface area contributed by atoms with E-state index in [2.05, 4.69) is 0 Å². The van der Waals surface area contributed by atoms with E-state index in [4.69, 9.17) is 11.6 Å². The highest BCUT2D eigenvalue weighted by Gasteiger charge is 2.21. The summed E-state index contributed by atoms with van der Waals surface area (Å²) < 4.78 is 27.5. The molecule has 25 heavy (non-hydrogen) atoms. The van der Waals surface area contributed by atoms with Crippen LogP contribution >= 0.6 is 11.6 Å². The third-order valence-electron chi connectivity index (χ3n) is 4.18. The minimum atomic E-state index is -0.471. The fourth-order valence-corrected chi connectivity index (χ4v) is 3.03. The van der Waals surface area contributed by atoms with Crippen molar-refractivity contribution in [3.05, 3.63) is 70.8 Å². The first-order valence-electron chi connectivity index (χ1n) is 7.97. The number of nitrogens with zero attached hydrogens (tertiary/aromatic N) is 2. The molecule has 1 saturated heterocycles. The first kappa shape index (κ1) is 17.4. The SMILES string of the molecule is O=C(C=Cc1c(F)cccc1Cl)N1CCN(c2ccccc2F)CC1. The lowest BCUT2D eigenvalue weighted by molar-refractivity contribution is -0.126. The molecule has 6 heteroatoms. The van der Waals surface area contributed by atoms with Crippen molar-refractivity contribution < 1.29 is 13.6 Å². The topological polar surface area (TPSA) is 23.6 Å². The predicted molar refractivity (Wildman–Crippen MR) is 95.6 cm³/mol. The number of benzene rings is 2. The number of piperazine rings is 1. The first-order chi connectivity index (χ1) is 12.1. The second-order valence-corrected chi connectivity index (χ2v) is 6.14. The molecular formula is C19H17ClF2N2O. The fraction of sp³-hybridized carbons (Fsp3) is 0.211. The summed E-state index contributed by atoms with van der Waals surface area (Å²) in [6.07, 6.45) is 2.71. The summed E-state index contributed by atoms with van der Waals surface area (Å²) in [6, 6.07) is 11.0. The average Bonchev–Trinajstić information content (AvgIpc) is 2.62. The lowest BCUT2D eigenvalue weighted by atomic mass is 10.2. The van der Waals surface area contributed by atoms with Gasteiger partial charge in [-0.05, 0) is 30.3 Å². The molecule has 0 N–H and O–H groups in total. The largest absolute Gasteiger partial charge is 0.366 e. The molecule has 130 valence electrons. The quantitative estimate of drug-likeness (QED) is 0.771. The van der Waals surface area contributed by atoms with Gasteiger partial charge in [0.25, 0.3) is 0 Å². The number of halogens is 3. The zero-order valence-electron chi connectivity index (χ0n) is 13.5. The van der Waals surface area contributed by atoms with Crippen molar-refractivity contribution in [1.82, 2.24) is 4.90 Å². The molecule has 1 aliphatic rings. The summed E-state index contributed by atoms with van der Waals surface area (Å²) in [4.78, 5) is 15.9. The molecule has 3 nitrogen and oxygen atoms in total. The van der Waals surface area contributed by atoms with Crippen LogP contribution in [0.1, 0.15) is 5.56 Å². The van der Waals surface area contributed by atoms with Crippen molar-refractivity contribution in [2.75, 3.05) is 31.1 Å². The van der Waals surface area contributed by atoms with Crippen LogP contribution in [0.2, 0.25) is 5.02 Å². The molecule has 2 aromatic rings. The summed E-state index contributed by atoms with van der Waals surface area (Å²) in [6.45, 7) is 2.03. The number of para-hydroxylation sites is 1. The van der Waals surface area contributed by atoms with Gasteiger partial charge in [0.05, 0.1) is 10.7 Å². The van der Waals surface area contributed by atoms with E-state index in [1.165, 1.54) is 30.4 Å². The van der Waals surface area contributed by atoms with Crippen LogP contribution < -0.4 is 4.90 Å². The molecule has 0 bridgehead atoms. The summed E-state index contributed by atoms with van der Waals surface area (Å²) in [5.41, 5.74) is 0.741. The maximum absolute atomic E-state index is 13.8. The minimum Gasteiger partial charge on any atom is -0.366 e. The molecule has 0 atom stereocenters. The second kappa shape index (κ2) is 7.66. The van der Waals surface area contributed by atoms with Gasteiger partial charge in [0.1, 0.15) is 11.6 Å². The molecule has 0 spiro atoms. The van der Waals surface area contributed by atoms with Crippen LogP contribution in [0, 0.1) is 11.6 Å². The third kappa shape index (κ3) is 3.99. The number of hydrogen-bond acceptors (Lipinski definition) is 2. The highest BCUT2D eigenvalue weighted by Crippen LogP contribution is 2.22. The smallest absolute Gasteiger partial charge is 0.246 e. The second-order valence-electron chi connectivity index (χ2n) is 5.73. The van der Waals surface area contributed by atoms with Crippen LogP contribution in [-0.2, 0) is 4.79 Å². The number of anilines is 1. The molecular weight excluding hydrogens is 346 g/mol. The van der Waals surface area contributed by atoms with Crippen molar-refractivity contribution in [3.63, 3.8) is 0 Å². The van der Waals surface area contributed by atoms with Gasteiger partial charge in [-0.25, -0.2) is 8.78 Å². The van der Waals surface area contributed by atoms with E-state index in [1.807, 2.05) is 4.90 Å². The molecule has 0 aliphatic carbocycles. The Kier molecular flexibility index (Phi) is 5.34. The number of amides is 1. The monoisotopic (exact) mass is 362 g/mol. The molecule has 3 rings (SSSR count). The van der Waals surface area contributed by atoms with Gasteiger partial charge in [0, 0.05) is 37.8 Å². The fourth-order valence-electron chi connectivity index (χ4n) is 2.81. The van der Waals surface area contributed by atoms with Gasteiger partial charge < -0.3 is 9.80 Å². The Labute approximate surface area is 150 Å². The molecule has 0 radical (unpaired) electrons. The minimum absolute atomic E-state index is 0.197. The van der Waals surface area contributed by atoms with E-state index >= 15 is 0 Å². The first-order valence-corrected chi connectivity index (χ1v) is 8.34. The third-order valence-corrected chi connectivity index (χ3v) is 4.51. The summed E-state index contributed by atoms with van der Waals surface area (Å²) in [7, 11) is 0. The Hall–Kier alpha value is -2.40. The van der Waals surface area contributed by atoms with Crippen LogP contribution in [0.5, 0.6) is 0 Å². The van der Waals surface area contributed by atoms with E-state index in [1.54, 1.807) is 29.2 Å². The Morgan fingerprint density at radius 3 is 2.32 bits per heavy atom. The van der Waals surface area contributed by atoms with Crippen molar-refractivity contribution in [2.24, 2.45) is 0 Å². The molecule has 0 unspecified atom stereocenters. The molecule has 0 saturated carbocycles. The van der Waals surface area contributed by atoms with E-state index in [0.29, 0.717) is 31.9 Å². The summed E-state index contributed by atoms with van der Waals surface area (Å²) >= 11 is 5.94. The van der Waals surface area contributed by atoms with Crippen molar-refractivity contribution >= 4 is 29.3 Å². The van der Waals surface area contributed by atoms with Crippen LogP contribution in [0.4, 0.5) is 14.5 Å². The normalized spacial score (nSPS) is 15.0. The zero-order valence-corrected chi connectivity index (χ0v) is 14.2. The molecule has 2 aromatic carbocycles. The van der Waals surface area contributed by atoms with Crippen LogP contribution in [0.3, 0.4) is 0 Å². The van der Waals surface area contributed by atoms with Gasteiger partial charge in [0.2, 0.25) is 5.91 Å². The number of carbonyl (C=O) groups excluding carboxylic acids is 1. The number of hydrogen-bond donors (Lipinski definition) is 0. The van der Waals surface area contributed by atoms with Gasteiger partial charge >= 0.3 is 0 Å². The van der Waals surface area contributed by atoms with Crippen LogP contribution in [0.25, 0.3) is 6.08 Å². The van der Waals surface area contributed by atoms with E-state index < -0.39 is 5.82 Å². The van der Waals surface area contributed by atoms with Gasteiger partial charge in [-0.1, -0.05) is 29.8 Å². The molecule has 1 fully saturated rings. The lowest BCUT2D eigenvalue weighted by Gasteiger charge is -2.35. The molecule has 1 amide bonds. The van der Waals surface area contributed by atoms with Gasteiger partial charge in [0.15, 0.2) is 0 Å². The Morgan fingerprint density at radius 2 is 1.64 bits per heavy atom. The van der Waals surface area contributed by atoms with Crippen molar-refractivity contribution in [1.29, 1.82) is 0 Å². The number of rotatable bonds is 3. The summed E-state index contributed by atoms with van der Waals surface area (Å²) in [5.74, 6) is -0.954. The van der Waals surface area contributed by atoms with Crippen molar-refractivity contribution in [2.45, 2.75) is 0 Å². The Balaban J connectivity index is 1.62. The predicted octanol–water partition coefficient (Wildman–Crippen LogP) is 3.98. The Morgan fingerprint density at radius 1 is 0.960 bits per heavy atom. The molecule has 0 aromatic heterocycles. The highest BCUT2D eigenvalue weighted by molar-refractivity contribution is 6.32. The van der Waals surface area contributed by atoms with E-state index in [0.717, 1.165) is 0 Å². The van der Waals surface area contributed by atoms with E-state index in [9.17, 15) is 13.6 Å². The molecule has 1 heterocycles. The standard InChI is InChI=1S/C19H17ClF2N2O/c20-15-4-3-6-16(21)14(15)8-9-19(25)24-12-10-23(11-13-24)18-7-2-1-5-17(18)22/h1-9H,10-13H2. The average molecular weight is 363 g/mol. The van der Waals surface area contributed by atoms with E-state index in [-0.39, 0.29) is 22.3 Å². The highest BCUT2D eigenvalue weighted by atomic mass is 35.5. The number of carbonyl (C=O) groups is 1. The van der Waals surface area contributed by atoms with Gasteiger partial charge in [-0.2, -0.15) is 0 Å². The lowest BCUT2D eigenvalue weighted by Crippen LogP contribution is -2.48. The van der Waals surface area contributed by atoms with Crippen LogP contribution in [0.15, 0.2) is 48.5 Å². The summed E-state index contributed by atoms with van der Waals surface area (Å²) in [5, 5.41) is 0.258. The Bertz CT molecular complexity index is 782. The zero-order chi connectivity index (χ0) is 17.8. The van der Waals surface area contributed by atoms with Crippen LogP contribution in [-0.4, -0.2) is 37.0 Å². The van der Waals surface area contributed by atoms with Gasteiger partial charge in [-0.3, -0.25) is 4.79 Å². The maximum Gasteiger partial charge on any atom is 0.246 e. The van der Waals surface area contributed by atoms with Crippen molar-refractivity contribution in [3.8, 4) is 0 Å². The van der Waals surface area contributed by atoms with Gasteiger partial charge in [-0.15, -0.1) is 0 Å². The molecule has 1 aliphatic heterocycles. The maximum atomic E-state index is 13.8.